The molecule has 2 aromatic heterocycles. The van der Waals surface area contributed by atoms with E-state index >= 15 is 0 Å². The molecular weight excluding hydrogens is 308 g/mol. The first kappa shape index (κ1) is 16.1. The van der Waals surface area contributed by atoms with E-state index in [2.05, 4.69) is 25.3 Å². The van der Waals surface area contributed by atoms with Crippen LogP contribution < -0.4 is 15.8 Å². The minimum Gasteiger partial charge on any atom is -0.357 e. The monoisotopic (exact) mass is 328 g/mol. The molecule has 8 nitrogen and oxygen atoms in total. The molecule has 8 heteroatoms. The minimum absolute atomic E-state index is 0.187. The van der Waals surface area contributed by atoms with E-state index in [0.29, 0.717) is 18.8 Å². The third-order valence-electron chi connectivity index (χ3n) is 3.92. The van der Waals surface area contributed by atoms with Crippen LogP contribution in [-0.2, 0) is 6.54 Å². The number of anilines is 1. The summed E-state index contributed by atoms with van der Waals surface area (Å²) < 4.78 is 1.34. The van der Waals surface area contributed by atoms with Crippen molar-refractivity contribution >= 4 is 11.7 Å². The zero-order chi connectivity index (χ0) is 16.9. The normalized spacial score (nSPS) is 14.0. The van der Waals surface area contributed by atoms with Crippen LogP contribution in [0.5, 0.6) is 0 Å². The zero-order valence-electron chi connectivity index (χ0n) is 13.6. The maximum atomic E-state index is 12.2. The average molecular weight is 328 g/mol. The van der Waals surface area contributed by atoms with Crippen molar-refractivity contribution in [2.45, 2.75) is 26.3 Å². The Kier molecular flexibility index (Phi) is 4.83. The number of rotatable bonds is 5. The van der Waals surface area contributed by atoms with Gasteiger partial charge in [0.25, 0.3) is 11.5 Å². The number of carbonyl (C=O) groups is 1. The summed E-state index contributed by atoms with van der Waals surface area (Å²) in [5.41, 5.74) is 0.900. The molecule has 0 radical (unpaired) electrons. The van der Waals surface area contributed by atoms with Crippen molar-refractivity contribution in [1.82, 2.24) is 25.1 Å². The van der Waals surface area contributed by atoms with Crippen LogP contribution in [0.2, 0.25) is 0 Å². The molecule has 0 aromatic carbocycles. The van der Waals surface area contributed by atoms with E-state index in [-0.39, 0.29) is 11.5 Å². The molecule has 0 atom stereocenters. The van der Waals surface area contributed by atoms with Gasteiger partial charge in [-0.15, -0.1) is 0 Å². The maximum absolute atomic E-state index is 12.2. The topological polar surface area (TPSA) is 93.0 Å². The molecule has 1 aliphatic rings. The van der Waals surface area contributed by atoms with Crippen LogP contribution in [0, 0.1) is 6.92 Å². The highest BCUT2D eigenvalue weighted by molar-refractivity contribution is 5.92. The third kappa shape index (κ3) is 3.76. The van der Waals surface area contributed by atoms with Crippen LogP contribution in [-0.4, -0.2) is 45.3 Å². The van der Waals surface area contributed by atoms with Crippen molar-refractivity contribution < 1.29 is 4.79 Å². The highest BCUT2D eigenvalue weighted by atomic mass is 16.2. The second kappa shape index (κ2) is 7.20. The Hall–Kier alpha value is -2.77. The summed E-state index contributed by atoms with van der Waals surface area (Å²) in [6.45, 7) is 4.35. The van der Waals surface area contributed by atoms with Gasteiger partial charge in [-0.2, -0.15) is 5.10 Å². The van der Waals surface area contributed by atoms with Crippen LogP contribution in [0.15, 0.2) is 29.3 Å². The molecule has 1 saturated heterocycles. The Balaban J connectivity index is 1.60. The van der Waals surface area contributed by atoms with Gasteiger partial charge in [0.1, 0.15) is 17.8 Å². The zero-order valence-corrected chi connectivity index (χ0v) is 13.6. The number of hydrogen-bond acceptors (Lipinski definition) is 6. The van der Waals surface area contributed by atoms with Gasteiger partial charge < -0.3 is 10.2 Å². The van der Waals surface area contributed by atoms with Crippen LogP contribution in [0.4, 0.5) is 5.82 Å². The highest BCUT2D eigenvalue weighted by Crippen LogP contribution is 2.17. The molecule has 0 aliphatic carbocycles. The van der Waals surface area contributed by atoms with Gasteiger partial charge in [0, 0.05) is 31.8 Å². The second-order valence-electron chi connectivity index (χ2n) is 5.75. The molecule has 3 rings (SSSR count). The highest BCUT2D eigenvalue weighted by Gasteiger charge is 2.16. The summed E-state index contributed by atoms with van der Waals surface area (Å²) in [4.78, 5) is 34.3. The minimum atomic E-state index is -0.279. The van der Waals surface area contributed by atoms with Gasteiger partial charge in [0.2, 0.25) is 0 Å². The lowest BCUT2D eigenvalue weighted by atomic mass is 10.3. The third-order valence-corrected chi connectivity index (χ3v) is 3.92. The summed E-state index contributed by atoms with van der Waals surface area (Å²) in [5, 5.41) is 6.89. The summed E-state index contributed by atoms with van der Waals surface area (Å²) in [6.07, 6.45) is 3.70. The first-order chi connectivity index (χ1) is 11.6. The van der Waals surface area contributed by atoms with Gasteiger partial charge in [-0.3, -0.25) is 9.59 Å². The predicted octanol–water partition coefficient (Wildman–Crippen LogP) is 0.372. The molecule has 24 heavy (non-hydrogen) atoms. The maximum Gasteiger partial charge on any atom is 0.270 e. The number of amides is 1. The van der Waals surface area contributed by atoms with Gasteiger partial charge >= 0.3 is 0 Å². The average Bonchev–Trinajstić information content (AvgIpc) is 3.12. The van der Waals surface area contributed by atoms with Gasteiger partial charge in [0.05, 0.1) is 12.2 Å². The number of hydrogen-bond donors (Lipinski definition) is 1. The van der Waals surface area contributed by atoms with Gasteiger partial charge in [-0.05, 0) is 25.8 Å². The van der Waals surface area contributed by atoms with Crippen LogP contribution >= 0.6 is 0 Å². The van der Waals surface area contributed by atoms with E-state index in [0.717, 1.165) is 37.4 Å². The van der Waals surface area contributed by atoms with Crippen molar-refractivity contribution in [3.8, 4) is 0 Å². The fourth-order valence-electron chi connectivity index (χ4n) is 2.67. The Morgan fingerprint density at radius 3 is 2.83 bits per heavy atom. The molecule has 3 heterocycles. The Labute approximate surface area is 139 Å². The molecule has 1 fully saturated rings. The largest absolute Gasteiger partial charge is 0.357 e. The standard InChI is InChI=1S/C16H20N6O2/c1-12-4-5-15(23)22(20-12)9-6-17-16(24)13-10-14(19-11-18-13)21-7-2-3-8-21/h4-5,10-11H,2-3,6-9H2,1H3,(H,17,24). The van der Waals surface area contributed by atoms with Crippen molar-refractivity contribution in [1.29, 1.82) is 0 Å². The van der Waals surface area contributed by atoms with E-state index in [1.165, 1.54) is 17.1 Å². The molecule has 126 valence electrons. The first-order valence-electron chi connectivity index (χ1n) is 8.03. The molecule has 0 spiro atoms. The van der Waals surface area contributed by atoms with E-state index in [4.69, 9.17) is 0 Å². The number of aryl methyl sites for hydroxylation is 1. The predicted molar refractivity (Wildman–Crippen MR) is 89.0 cm³/mol. The summed E-state index contributed by atoms with van der Waals surface area (Å²) in [5.74, 6) is 0.503. The Morgan fingerprint density at radius 2 is 2.04 bits per heavy atom. The smallest absolute Gasteiger partial charge is 0.270 e. The summed E-state index contributed by atoms with van der Waals surface area (Å²) in [7, 11) is 0. The van der Waals surface area contributed by atoms with E-state index in [1.807, 2.05) is 6.92 Å². The molecule has 2 aromatic rings. The lowest BCUT2D eigenvalue weighted by molar-refractivity contribution is 0.0946. The lowest BCUT2D eigenvalue weighted by Gasteiger charge is -2.16. The fraction of sp³-hybridized carbons (Fsp3) is 0.438. The van der Waals surface area contributed by atoms with Crippen LogP contribution in [0.1, 0.15) is 29.0 Å². The molecule has 1 N–H and O–H groups in total. The lowest BCUT2D eigenvalue weighted by Crippen LogP contribution is -2.32. The van der Waals surface area contributed by atoms with Gasteiger partial charge in [0.15, 0.2) is 0 Å². The molecule has 0 unspecified atom stereocenters. The van der Waals surface area contributed by atoms with E-state index < -0.39 is 0 Å². The summed E-state index contributed by atoms with van der Waals surface area (Å²) >= 11 is 0. The van der Waals surface area contributed by atoms with Gasteiger partial charge in [-0.25, -0.2) is 14.6 Å². The molecule has 1 aliphatic heterocycles. The van der Waals surface area contributed by atoms with Crippen molar-refractivity contribution in [2.24, 2.45) is 0 Å². The number of aromatic nitrogens is 4. The molecule has 0 bridgehead atoms. The first-order valence-corrected chi connectivity index (χ1v) is 8.03. The number of nitrogens with one attached hydrogen (secondary N) is 1. The SMILES string of the molecule is Cc1ccc(=O)n(CCNC(=O)c2cc(N3CCCC3)ncn2)n1. The van der Waals surface area contributed by atoms with E-state index in [1.54, 1.807) is 12.1 Å². The molecular formula is C16H20N6O2. The quantitative estimate of drug-likeness (QED) is 0.852. The molecule has 0 saturated carbocycles. The van der Waals surface area contributed by atoms with Crippen molar-refractivity contribution in [3.05, 3.63) is 46.3 Å². The molecule has 1 amide bonds. The Bertz CT molecular complexity index is 782. The van der Waals surface area contributed by atoms with Crippen molar-refractivity contribution in [2.75, 3.05) is 24.5 Å². The van der Waals surface area contributed by atoms with Crippen LogP contribution in [0.25, 0.3) is 0 Å². The van der Waals surface area contributed by atoms with Gasteiger partial charge in [-0.1, -0.05) is 0 Å². The fourth-order valence-corrected chi connectivity index (χ4v) is 2.67. The number of nitrogens with zero attached hydrogens (tertiary/aromatic N) is 5. The van der Waals surface area contributed by atoms with Crippen LogP contribution in [0.3, 0.4) is 0 Å². The van der Waals surface area contributed by atoms with E-state index in [9.17, 15) is 9.59 Å². The van der Waals surface area contributed by atoms with Crippen molar-refractivity contribution in [3.63, 3.8) is 0 Å². The Morgan fingerprint density at radius 1 is 1.25 bits per heavy atom. The number of carbonyl (C=O) groups excluding carboxylic acids is 1. The summed E-state index contributed by atoms with van der Waals surface area (Å²) in [6, 6.07) is 4.84. The second-order valence-corrected chi connectivity index (χ2v) is 5.75.